The molecule has 0 amide bonds. The molecule has 3 rings (SSSR count). The second kappa shape index (κ2) is 5.51. The van der Waals surface area contributed by atoms with Gasteiger partial charge in [-0.05, 0) is 36.8 Å². The highest BCUT2D eigenvalue weighted by atomic mass is 35.5. The highest BCUT2D eigenvalue weighted by Crippen LogP contribution is 2.34. The Morgan fingerprint density at radius 2 is 2.15 bits per heavy atom. The van der Waals surface area contributed by atoms with Gasteiger partial charge in [-0.3, -0.25) is 0 Å². The fourth-order valence-electron chi connectivity index (χ4n) is 2.11. The van der Waals surface area contributed by atoms with Crippen molar-refractivity contribution in [2.75, 3.05) is 6.61 Å². The number of pyridine rings is 1. The first kappa shape index (κ1) is 12.9. The zero-order chi connectivity index (χ0) is 13.9. The van der Waals surface area contributed by atoms with Crippen LogP contribution < -0.4 is 4.74 Å². The third-order valence-electron chi connectivity index (χ3n) is 3.00. The van der Waals surface area contributed by atoms with Gasteiger partial charge in [-0.15, -0.1) is 0 Å². The Kier molecular flexibility index (Phi) is 3.56. The van der Waals surface area contributed by atoms with Gasteiger partial charge in [0.2, 0.25) is 0 Å². The number of hydrogen-bond donors (Lipinski definition) is 0. The maximum Gasteiger partial charge on any atom is 0.163 e. The predicted octanol–water partition coefficient (Wildman–Crippen LogP) is 3.84. The largest absolute Gasteiger partial charge is 0.493 e. The zero-order valence-corrected chi connectivity index (χ0v) is 11.8. The smallest absolute Gasteiger partial charge is 0.163 e. The van der Waals surface area contributed by atoms with Crippen LogP contribution in [0.1, 0.15) is 13.3 Å². The van der Waals surface area contributed by atoms with E-state index in [2.05, 4.69) is 17.0 Å². The van der Waals surface area contributed by atoms with E-state index in [1.165, 1.54) is 6.33 Å². The Labute approximate surface area is 122 Å². The van der Waals surface area contributed by atoms with Gasteiger partial charge in [0.1, 0.15) is 12.1 Å². The van der Waals surface area contributed by atoms with Crippen LogP contribution in [0, 0.1) is 0 Å². The summed E-state index contributed by atoms with van der Waals surface area (Å²) in [5, 5.41) is 4.82. The van der Waals surface area contributed by atoms with Gasteiger partial charge < -0.3 is 4.74 Å². The minimum atomic E-state index is 0.671. The van der Waals surface area contributed by atoms with Crippen molar-refractivity contribution in [3.8, 4) is 16.9 Å². The lowest BCUT2D eigenvalue weighted by molar-refractivity contribution is 0.319. The van der Waals surface area contributed by atoms with Crippen LogP contribution >= 0.6 is 11.6 Å². The third kappa shape index (κ3) is 2.34. The Hall–Kier alpha value is -2.07. The summed E-state index contributed by atoms with van der Waals surface area (Å²) < 4.78 is 7.54. The molecule has 0 fully saturated rings. The number of rotatable bonds is 4. The normalized spacial score (nSPS) is 10.9. The van der Waals surface area contributed by atoms with Crippen molar-refractivity contribution in [3.05, 3.63) is 47.9 Å². The Morgan fingerprint density at radius 1 is 1.25 bits per heavy atom. The molecule has 0 radical (unpaired) electrons. The first-order chi connectivity index (χ1) is 9.79. The summed E-state index contributed by atoms with van der Waals surface area (Å²) in [7, 11) is 0. The van der Waals surface area contributed by atoms with Crippen LogP contribution in [0.3, 0.4) is 0 Å². The van der Waals surface area contributed by atoms with Crippen LogP contribution in [-0.2, 0) is 0 Å². The number of benzene rings is 1. The second-order valence-corrected chi connectivity index (χ2v) is 4.88. The van der Waals surface area contributed by atoms with Crippen LogP contribution in [-0.4, -0.2) is 21.2 Å². The minimum Gasteiger partial charge on any atom is -0.493 e. The monoisotopic (exact) mass is 287 g/mol. The Morgan fingerprint density at radius 3 is 3.00 bits per heavy atom. The van der Waals surface area contributed by atoms with Crippen molar-refractivity contribution in [3.63, 3.8) is 0 Å². The predicted molar refractivity (Wildman–Crippen MR) is 79.2 cm³/mol. The van der Waals surface area contributed by atoms with Crippen molar-refractivity contribution in [2.24, 2.45) is 0 Å². The van der Waals surface area contributed by atoms with Crippen molar-refractivity contribution in [2.45, 2.75) is 13.3 Å². The molecule has 0 unspecified atom stereocenters. The van der Waals surface area contributed by atoms with E-state index >= 15 is 0 Å². The summed E-state index contributed by atoms with van der Waals surface area (Å²) in [6.07, 6.45) is 4.36. The fraction of sp³-hybridized carbons (Fsp3) is 0.200. The molecule has 1 aromatic carbocycles. The fourth-order valence-corrected chi connectivity index (χ4v) is 2.28. The van der Waals surface area contributed by atoms with Gasteiger partial charge in [0.25, 0.3) is 0 Å². The maximum absolute atomic E-state index is 6.13. The van der Waals surface area contributed by atoms with Gasteiger partial charge in [-0.2, -0.15) is 5.10 Å². The molecule has 2 aromatic heterocycles. The molecule has 0 aliphatic carbocycles. The number of fused-ring (bicyclic) bond motifs is 1. The standard InChI is InChI=1S/C15H14ClN3O/c1-2-8-20-14-6-5-11(16)9-13(14)12-4-3-7-19-15(12)17-10-18-19/h3-7,9-10H,2,8H2,1H3. The lowest BCUT2D eigenvalue weighted by Crippen LogP contribution is -1.98. The van der Waals surface area contributed by atoms with Gasteiger partial charge in [0.05, 0.1) is 6.61 Å². The quantitative estimate of drug-likeness (QED) is 0.732. The maximum atomic E-state index is 6.13. The number of ether oxygens (including phenoxy) is 1. The van der Waals surface area contributed by atoms with Crippen molar-refractivity contribution in [1.82, 2.24) is 14.6 Å². The van der Waals surface area contributed by atoms with E-state index in [0.717, 1.165) is 28.9 Å². The van der Waals surface area contributed by atoms with Gasteiger partial charge in [0, 0.05) is 22.3 Å². The van der Waals surface area contributed by atoms with Crippen LogP contribution in [0.25, 0.3) is 16.8 Å². The molecule has 102 valence electrons. The van der Waals surface area contributed by atoms with Gasteiger partial charge in [0.15, 0.2) is 5.65 Å². The van der Waals surface area contributed by atoms with E-state index in [9.17, 15) is 0 Å². The molecule has 0 saturated heterocycles. The first-order valence-electron chi connectivity index (χ1n) is 6.50. The number of nitrogens with zero attached hydrogens (tertiary/aromatic N) is 3. The van der Waals surface area contributed by atoms with E-state index in [1.54, 1.807) is 4.52 Å². The summed E-state index contributed by atoms with van der Waals surface area (Å²) in [4.78, 5) is 4.30. The molecule has 0 spiro atoms. The van der Waals surface area contributed by atoms with Crippen LogP contribution in [0.4, 0.5) is 0 Å². The molecular formula is C15H14ClN3O. The van der Waals surface area contributed by atoms with Gasteiger partial charge >= 0.3 is 0 Å². The molecule has 0 bridgehead atoms. The molecule has 0 aliphatic heterocycles. The highest BCUT2D eigenvalue weighted by molar-refractivity contribution is 6.31. The molecule has 4 nitrogen and oxygen atoms in total. The van der Waals surface area contributed by atoms with Crippen LogP contribution in [0.15, 0.2) is 42.9 Å². The van der Waals surface area contributed by atoms with E-state index in [4.69, 9.17) is 16.3 Å². The summed E-state index contributed by atoms with van der Waals surface area (Å²) in [5.41, 5.74) is 2.68. The Balaban J connectivity index is 2.17. The molecule has 5 heteroatoms. The van der Waals surface area contributed by atoms with E-state index in [0.29, 0.717) is 11.6 Å². The lowest BCUT2D eigenvalue weighted by Gasteiger charge is -2.12. The number of halogens is 1. The van der Waals surface area contributed by atoms with E-state index < -0.39 is 0 Å². The Bertz CT molecular complexity index is 739. The third-order valence-corrected chi connectivity index (χ3v) is 3.23. The average molecular weight is 288 g/mol. The van der Waals surface area contributed by atoms with Gasteiger partial charge in [-0.1, -0.05) is 18.5 Å². The SMILES string of the molecule is CCCOc1ccc(Cl)cc1-c1cccn2ncnc12. The lowest BCUT2D eigenvalue weighted by atomic mass is 10.1. The van der Waals surface area contributed by atoms with Crippen molar-refractivity contribution < 1.29 is 4.74 Å². The molecule has 0 atom stereocenters. The number of hydrogen-bond acceptors (Lipinski definition) is 3. The average Bonchev–Trinajstić information content (AvgIpc) is 2.94. The topological polar surface area (TPSA) is 39.4 Å². The van der Waals surface area contributed by atoms with E-state index in [-0.39, 0.29) is 0 Å². The second-order valence-electron chi connectivity index (χ2n) is 4.44. The summed E-state index contributed by atoms with van der Waals surface area (Å²) >= 11 is 6.13. The van der Waals surface area contributed by atoms with Crippen molar-refractivity contribution >= 4 is 17.2 Å². The summed E-state index contributed by atoms with van der Waals surface area (Å²) in [6.45, 7) is 2.75. The highest BCUT2D eigenvalue weighted by Gasteiger charge is 2.12. The molecule has 3 aromatic rings. The molecular weight excluding hydrogens is 274 g/mol. The molecule has 0 saturated carbocycles. The molecule has 0 aliphatic rings. The summed E-state index contributed by atoms with van der Waals surface area (Å²) in [5.74, 6) is 0.812. The van der Waals surface area contributed by atoms with Gasteiger partial charge in [-0.25, -0.2) is 9.50 Å². The zero-order valence-electron chi connectivity index (χ0n) is 11.1. The van der Waals surface area contributed by atoms with Crippen LogP contribution in [0.5, 0.6) is 5.75 Å². The van der Waals surface area contributed by atoms with E-state index in [1.807, 2.05) is 36.5 Å². The first-order valence-corrected chi connectivity index (χ1v) is 6.88. The summed E-state index contributed by atoms with van der Waals surface area (Å²) in [6, 6.07) is 9.56. The molecule has 0 N–H and O–H groups in total. The molecule has 2 heterocycles. The number of aromatic nitrogens is 3. The minimum absolute atomic E-state index is 0.671. The molecule has 20 heavy (non-hydrogen) atoms. The van der Waals surface area contributed by atoms with Crippen LogP contribution in [0.2, 0.25) is 5.02 Å². The van der Waals surface area contributed by atoms with Crippen molar-refractivity contribution in [1.29, 1.82) is 0 Å².